The van der Waals surface area contributed by atoms with Crippen LogP contribution < -0.4 is 0 Å². The number of benzene rings is 1. The molecular formula is C23H40O2. The van der Waals surface area contributed by atoms with Crippen molar-refractivity contribution in [2.75, 3.05) is 19.8 Å². The van der Waals surface area contributed by atoms with Crippen LogP contribution in [0.25, 0.3) is 0 Å². The second-order valence-corrected chi connectivity index (χ2v) is 8.21. The standard InChI is InChI=1S/C23H40O2/c1-23(2,3)22-16-14-21(15-17-22)13-11-9-7-5-4-6-8-10-12-19-25-20-18-24/h14-17,24H,4-13,18-20H2,1-3H3. The molecule has 0 unspecified atom stereocenters. The summed E-state index contributed by atoms with van der Waals surface area (Å²) in [6.45, 7) is 8.24. The molecule has 0 fully saturated rings. The normalized spacial score (nSPS) is 11.8. The minimum Gasteiger partial charge on any atom is -0.394 e. The third-order valence-electron chi connectivity index (χ3n) is 4.81. The summed E-state index contributed by atoms with van der Waals surface area (Å²) in [4.78, 5) is 0. The lowest BCUT2D eigenvalue weighted by molar-refractivity contribution is 0.0895. The van der Waals surface area contributed by atoms with Crippen LogP contribution in [-0.2, 0) is 16.6 Å². The highest BCUT2D eigenvalue weighted by Crippen LogP contribution is 2.22. The van der Waals surface area contributed by atoms with Gasteiger partial charge in [-0.25, -0.2) is 0 Å². The summed E-state index contributed by atoms with van der Waals surface area (Å²) < 4.78 is 5.26. The lowest BCUT2D eigenvalue weighted by Gasteiger charge is -2.19. The van der Waals surface area contributed by atoms with Crippen molar-refractivity contribution in [2.45, 2.75) is 90.4 Å². The molecule has 0 aliphatic carbocycles. The quantitative estimate of drug-likeness (QED) is 0.415. The summed E-state index contributed by atoms with van der Waals surface area (Å²) >= 11 is 0. The van der Waals surface area contributed by atoms with E-state index in [1.54, 1.807) is 0 Å². The van der Waals surface area contributed by atoms with E-state index in [2.05, 4.69) is 45.0 Å². The molecule has 0 saturated carbocycles. The van der Waals surface area contributed by atoms with Gasteiger partial charge in [0.1, 0.15) is 0 Å². The number of unbranched alkanes of at least 4 members (excludes halogenated alkanes) is 8. The maximum absolute atomic E-state index is 8.61. The van der Waals surface area contributed by atoms with Gasteiger partial charge in [-0.3, -0.25) is 0 Å². The van der Waals surface area contributed by atoms with E-state index in [1.165, 1.54) is 68.9 Å². The molecule has 144 valence electrons. The van der Waals surface area contributed by atoms with Gasteiger partial charge in [0.25, 0.3) is 0 Å². The highest BCUT2D eigenvalue weighted by atomic mass is 16.5. The largest absolute Gasteiger partial charge is 0.394 e. The number of ether oxygens (including phenoxy) is 1. The summed E-state index contributed by atoms with van der Waals surface area (Å²) in [5.41, 5.74) is 3.16. The first-order chi connectivity index (χ1) is 12.0. The molecule has 0 aliphatic rings. The summed E-state index contributed by atoms with van der Waals surface area (Å²) in [5.74, 6) is 0. The van der Waals surface area contributed by atoms with E-state index >= 15 is 0 Å². The molecule has 1 aromatic rings. The Morgan fingerprint density at radius 3 is 1.76 bits per heavy atom. The van der Waals surface area contributed by atoms with Gasteiger partial charge in [-0.05, 0) is 35.8 Å². The first-order valence-electron chi connectivity index (χ1n) is 10.3. The Morgan fingerprint density at radius 2 is 1.24 bits per heavy atom. The smallest absolute Gasteiger partial charge is 0.0697 e. The highest BCUT2D eigenvalue weighted by molar-refractivity contribution is 5.27. The Morgan fingerprint density at radius 1 is 0.720 bits per heavy atom. The molecule has 1 aromatic carbocycles. The molecule has 1 rings (SSSR count). The summed E-state index contributed by atoms with van der Waals surface area (Å²) in [5, 5.41) is 8.61. The SMILES string of the molecule is CC(C)(C)c1ccc(CCCCCCCCCCCOCCO)cc1. The van der Waals surface area contributed by atoms with Crippen LogP contribution in [-0.4, -0.2) is 24.9 Å². The van der Waals surface area contributed by atoms with Crippen molar-refractivity contribution >= 4 is 0 Å². The zero-order chi connectivity index (χ0) is 18.4. The fourth-order valence-corrected chi connectivity index (χ4v) is 3.11. The van der Waals surface area contributed by atoms with Crippen molar-refractivity contribution in [1.29, 1.82) is 0 Å². The van der Waals surface area contributed by atoms with Crippen molar-refractivity contribution < 1.29 is 9.84 Å². The third-order valence-corrected chi connectivity index (χ3v) is 4.81. The van der Waals surface area contributed by atoms with E-state index in [9.17, 15) is 0 Å². The molecule has 0 radical (unpaired) electrons. The monoisotopic (exact) mass is 348 g/mol. The van der Waals surface area contributed by atoms with Gasteiger partial charge in [0.2, 0.25) is 0 Å². The van der Waals surface area contributed by atoms with Gasteiger partial charge in [-0.2, -0.15) is 0 Å². The molecule has 2 nitrogen and oxygen atoms in total. The van der Waals surface area contributed by atoms with Gasteiger partial charge in [0.15, 0.2) is 0 Å². The Bertz CT molecular complexity index is 417. The molecule has 0 aromatic heterocycles. The van der Waals surface area contributed by atoms with Crippen molar-refractivity contribution in [3.8, 4) is 0 Å². The van der Waals surface area contributed by atoms with Gasteiger partial charge >= 0.3 is 0 Å². The summed E-state index contributed by atoms with van der Waals surface area (Å²) in [6, 6.07) is 9.21. The molecule has 0 atom stereocenters. The van der Waals surface area contributed by atoms with Crippen LogP contribution in [0.15, 0.2) is 24.3 Å². The predicted molar refractivity (Wildman–Crippen MR) is 108 cm³/mol. The second kappa shape index (κ2) is 13.4. The van der Waals surface area contributed by atoms with E-state index in [-0.39, 0.29) is 12.0 Å². The van der Waals surface area contributed by atoms with Crippen LogP contribution in [0.1, 0.15) is 89.7 Å². The van der Waals surface area contributed by atoms with Crippen molar-refractivity contribution in [2.24, 2.45) is 0 Å². The molecule has 0 amide bonds. The minimum absolute atomic E-state index is 0.141. The van der Waals surface area contributed by atoms with Crippen molar-refractivity contribution in [3.63, 3.8) is 0 Å². The fourth-order valence-electron chi connectivity index (χ4n) is 3.11. The molecule has 1 N–H and O–H groups in total. The number of hydrogen-bond acceptors (Lipinski definition) is 2. The Balaban J connectivity index is 1.92. The lowest BCUT2D eigenvalue weighted by Crippen LogP contribution is -2.10. The molecule has 0 spiro atoms. The fraction of sp³-hybridized carbons (Fsp3) is 0.739. The van der Waals surface area contributed by atoms with Gasteiger partial charge < -0.3 is 9.84 Å². The Hall–Kier alpha value is -0.860. The lowest BCUT2D eigenvalue weighted by atomic mass is 9.86. The summed E-state index contributed by atoms with van der Waals surface area (Å²) in [7, 11) is 0. The van der Waals surface area contributed by atoms with Crippen molar-refractivity contribution in [3.05, 3.63) is 35.4 Å². The number of rotatable bonds is 14. The van der Waals surface area contributed by atoms with Gasteiger partial charge in [-0.15, -0.1) is 0 Å². The maximum Gasteiger partial charge on any atom is 0.0697 e. The van der Waals surface area contributed by atoms with Crippen LogP contribution in [0.4, 0.5) is 0 Å². The molecule has 0 bridgehead atoms. The van der Waals surface area contributed by atoms with Gasteiger partial charge in [-0.1, -0.05) is 90.0 Å². The van der Waals surface area contributed by atoms with Crippen LogP contribution in [0.5, 0.6) is 0 Å². The zero-order valence-corrected chi connectivity index (χ0v) is 16.9. The van der Waals surface area contributed by atoms with E-state index in [0.29, 0.717) is 6.61 Å². The molecule has 0 heterocycles. The molecule has 2 heteroatoms. The van der Waals surface area contributed by atoms with Crippen LogP contribution >= 0.6 is 0 Å². The maximum atomic E-state index is 8.61. The third kappa shape index (κ3) is 11.4. The van der Waals surface area contributed by atoms with Crippen LogP contribution in [0.2, 0.25) is 0 Å². The molecule has 0 aliphatic heterocycles. The van der Waals surface area contributed by atoms with E-state index in [4.69, 9.17) is 9.84 Å². The van der Waals surface area contributed by atoms with E-state index in [0.717, 1.165) is 13.0 Å². The average molecular weight is 349 g/mol. The number of hydrogen-bond donors (Lipinski definition) is 1. The van der Waals surface area contributed by atoms with E-state index in [1.807, 2.05) is 0 Å². The Kier molecular flexibility index (Phi) is 11.9. The van der Waals surface area contributed by atoms with Crippen LogP contribution in [0.3, 0.4) is 0 Å². The van der Waals surface area contributed by atoms with Gasteiger partial charge in [0.05, 0.1) is 13.2 Å². The zero-order valence-electron chi connectivity index (χ0n) is 16.9. The average Bonchev–Trinajstić information content (AvgIpc) is 2.58. The topological polar surface area (TPSA) is 29.5 Å². The van der Waals surface area contributed by atoms with Crippen LogP contribution in [0, 0.1) is 0 Å². The summed E-state index contributed by atoms with van der Waals surface area (Å²) in [6.07, 6.45) is 13.1. The van der Waals surface area contributed by atoms with Gasteiger partial charge in [0, 0.05) is 6.61 Å². The molecular weight excluding hydrogens is 308 g/mol. The first-order valence-corrected chi connectivity index (χ1v) is 10.3. The number of aryl methyl sites for hydroxylation is 1. The predicted octanol–water partition coefficient (Wildman–Crippen LogP) is 6.05. The number of aliphatic hydroxyl groups is 1. The number of aliphatic hydroxyl groups excluding tert-OH is 1. The van der Waals surface area contributed by atoms with E-state index < -0.39 is 0 Å². The Labute approximate surface area is 156 Å². The minimum atomic E-state index is 0.141. The second-order valence-electron chi connectivity index (χ2n) is 8.21. The highest BCUT2D eigenvalue weighted by Gasteiger charge is 2.12. The molecule has 25 heavy (non-hydrogen) atoms. The first kappa shape index (κ1) is 22.2. The molecule has 0 saturated heterocycles. The van der Waals surface area contributed by atoms with Crippen molar-refractivity contribution in [1.82, 2.24) is 0 Å².